The molecule has 0 unspecified atom stereocenters. The number of aryl methyl sites for hydroxylation is 1. The summed E-state index contributed by atoms with van der Waals surface area (Å²) >= 11 is 0. The number of amides is 1. The van der Waals surface area contributed by atoms with Crippen LogP contribution < -0.4 is 10.6 Å². The van der Waals surface area contributed by atoms with E-state index in [0.717, 1.165) is 44.5 Å². The van der Waals surface area contributed by atoms with Crippen LogP contribution in [0.2, 0.25) is 0 Å². The number of aromatic nitrogens is 1. The van der Waals surface area contributed by atoms with Gasteiger partial charge >= 0.3 is 0 Å². The van der Waals surface area contributed by atoms with E-state index in [1.165, 1.54) is 0 Å². The van der Waals surface area contributed by atoms with Crippen LogP contribution in [0.4, 0.5) is 5.82 Å². The van der Waals surface area contributed by atoms with Gasteiger partial charge in [-0.2, -0.15) is 0 Å². The summed E-state index contributed by atoms with van der Waals surface area (Å²) in [6.07, 6.45) is 3.87. The molecule has 1 aromatic rings. The maximum Gasteiger partial charge on any atom is 0.252 e. The molecule has 1 saturated carbocycles. The second-order valence-corrected chi connectivity index (χ2v) is 6.81. The zero-order valence-electron chi connectivity index (χ0n) is 13.4. The van der Waals surface area contributed by atoms with E-state index in [1.54, 1.807) is 6.07 Å². The van der Waals surface area contributed by atoms with Crippen LogP contribution in [0.15, 0.2) is 12.1 Å². The smallest absolute Gasteiger partial charge is 0.252 e. The highest BCUT2D eigenvalue weighted by Crippen LogP contribution is 2.45. The fourth-order valence-corrected chi connectivity index (χ4v) is 4.22. The van der Waals surface area contributed by atoms with Crippen LogP contribution in [0.3, 0.4) is 0 Å². The third kappa shape index (κ3) is 2.47. The van der Waals surface area contributed by atoms with E-state index >= 15 is 0 Å². The fourth-order valence-electron chi connectivity index (χ4n) is 4.22. The topological polar surface area (TPSA) is 79.4 Å². The Labute approximate surface area is 131 Å². The van der Waals surface area contributed by atoms with Gasteiger partial charge in [0.2, 0.25) is 0 Å². The molecule has 2 aliphatic rings. The van der Waals surface area contributed by atoms with Crippen molar-refractivity contribution in [2.75, 3.05) is 18.0 Å². The molecule has 0 bridgehead atoms. The summed E-state index contributed by atoms with van der Waals surface area (Å²) in [5, 5.41) is 10.9. The van der Waals surface area contributed by atoms with E-state index in [2.05, 4.69) is 16.8 Å². The van der Waals surface area contributed by atoms with E-state index in [-0.39, 0.29) is 5.92 Å². The molecule has 3 atom stereocenters. The van der Waals surface area contributed by atoms with Crippen molar-refractivity contribution in [2.24, 2.45) is 17.6 Å². The summed E-state index contributed by atoms with van der Waals surface area (Å²) in [5.41, 5.74) is 6.28. The number of rotatable bonds is 3. The first-order valence-electron chi connectivity index (χ1n) is 8.19. The molecule has 120 valence electrons. The Balaban J connectivity index is 1.92. The highest BCUT2D eigenvalue weighted by atomic mass is 16.3. The van der Waals surface area contributed by atoms with Crippen molar-refractivity contribution in [3.63, 3.8) is 0 Å². The molecule has 0 spiro atoms. The van der Waals surface area contributed by atoms with Gasteiger partial charge in [0.25, 0.3) is 5.91 Å². The zero-order valence-corrected chi connectivity index (χ0v) is 13.4. The molecule has 1 aliphatic carbocycles. The van der Waals surface area contributed by atoms with Crippen LogP contribution in [-0.4, -0.2) is 34.7 Å². The number of primary amides is 1. The van der Waals surface area contributed by atoms with Gasteiger partial charge in [-0.25, -0.2) is 4.98 Å². The molecule has 2 fully saturated rings. The molecule has 2 heterocycles. The average Bonchev–Trinajstić information content (AvgIpc) is 2.92. The summed E-state index contributed by atoms with van der Waals surface area (Å²) in [6.45, 7) is 5.58. The van der Waals surface area contributed by atoms with E-state index in [0.29, 0.717) is 17.3 Å². The first-order chi connectivity index (χ1) is 10.4. The lowest BCUT2D eigenvalue weighted by molar-refractivity contribution is -0.0597. The van der Waals surface area contributed by atoms with Crippen molar-refractivity contribution in [3.05, 3.63) is 23.4 Å². The largest absolute Gasteiger partial charge is 0.390 e. The summed E-state index contributed by atoms with van der Waals surface area (Å²) in [4.78, 5) is 18.4. The molecule has 22 heavy (non-hydrogen) atoms. The highest BCUT2D eigenvalue weighted by Gasteiger charge is 2.48. The van der Waals surface area contributed by atoms with Gasteiger partial charge in [-0.3, -0.25) is 4.79 Å². The standard InChI is InChI=1S/C17H25N3O2/c1-3-17(22)8-4-5-12-9-20(10-14(12)17)16-13(15(18)21)7-6-11(2)19-16/h6-7,12,14,22H,3-5,8-10H2,1-2H3,(H2,18,21)/t12-,14+,17-/m0/s1. The van der Waals surface area contributed by atoms with Crippen molar-refractivity contribution in [3.8, 4) is 0 Å². The SMILES string of the molecule is CC[C@]1(O)CCC[C@H]2CN(c3nc(C)ccc3C(N)=O)C[C@H]21. The van der Waals surface area contributed by atoms with Crippen molar-refractivity contribution >= 4 is 11.7 Å². The second-order valence-electron chi connectivity index (χ2n) is 6.81. The molecule has 5 nitrogen and oxygen atoms in total. The number of aliphatic hydroxyl groups is 1. The summed E-state index contributed by atoms with van der Waals surface area (Å²) in [7, 11) is 0. The number of carbonyl (C=O) groups excluding carboxylic acids is 1. The minimum Gasteiger partial charge on any atom is -0.390 e. The summed E-state index contributed by atoms with van der Waals surface area (Å²) < 4.78 is 0. The van der Waals surface area contributed by atoms with Gasteiger partial charge in [-0.05, 0) is 44.2 Å². The van der Waals surface area contributed by atoms with Crippen LogP contribution in [0.5, 0.6) is 0 Å². The minimum atomic E-state index is -0.575. The molecular weight excluding hydrogens is 278 g/mol. The van der Waals surface area contributed by atoms with Gasteiger partial charge in [0.15, 0.2) is 0 Å². The zero-order chi connectivity index (χ0) is 15.9. The number of carbonyl (C=O) groups is 1. The Morgan fingerprint density at radius 1 is 1.50 bits per heavy atom. The van der Waals surface area contributed by atoms with E-state index in [1.807, 2.05) is 13.0 Å². The number of hydrogen-bond acceptors (Lipinski definition) is 4. The second kappa shape index (κ2) is 5.54. The van der Waals surface area contributed by atoms with Gasteiger partial charge in [-0.1, -0.05) is 13.3 Å². The Bertz CT molecular complexity index is 589. The third-order valence-electron chi connectivity index (χ3n) is 5.51. The number of nitrogens with zero attached hydrogens (tertiary/aromatic N) is 2. The molecule has 3 rings (SSSR count). The molecule has 3 N–H and O–H groups in total. The lowest BCUT2D eigenvalue weighted by Gasteiger charge is -2.40. The molecule has 1 aliphatic heterocycles. The first-order valence-corrected chi connectivity index (χ1v) is 8.19. The number of hydrogen-bond donors (Lipinski definition) is 2. The Morgan fingerprint density at radius 2 is 2.27 bits per heavy atom. The average molecular weight is 303 g/mol. The van der Waals surface area contributed by atoms with Crippen LogP contribution >= 0.6 is 0 Å². The lowest BCUT2D eigenvalue weighted by atomic mass is 9.69. The molecular formula is C17H25N3O2. The molecule has 0 aromatic carbocycles. The molecule has 1 aromatic heterocycles. The third-order valence-corrected chi connectivity index (χ3v) is 5.51. The van der Waals surface area contributed by atoms with Crippen LogP contribution in [0, 0.1) is 18.8 Å². The van der Waals surface area contributed by atoms with Gasteiger partial charge < -0.3 is 15.7 Å². The predicted octanol–water partition coefficient (Wildman–Crippen LogP) is 1.87. The van der Waals surface area contributed by atoms with Gasteiger partial charge in [0.1, 0.15) is 5.82 Å². The van der Waals surface area contributed by atoms with Crippen LogP contribution in [0.25, 0.3) is 0 Å². The summed E-state index contributed by atoms with van der Waals surface area (Å²) in [6, 6.07) is 3.57. The van der Waals surface area contributed by atoms with E-state index < -0.39 is 11.5 Å². The maximum atomic E-state index is 11.7. The first kappa shape index (κ1) is 15.3. The fraction of sp³-hybridized carbons (Fsp3) is 0.647. The Morgan fingerprint density at radius 3 is 2.95 bits per heavy atom. The minimum absolute atomic E-state index is 0.259. The van der Waals surface area contributed by atoms with Crippen molar-refractivity contribution in [2.45, 2.75) is 45.1 Å². The quantitative estimate of drug-likeness (QED) is 0.893. The molecule has 1 saturated heterocycles. The van der Waals surface area contributed by atoms with Crippen molar-refractivity contribution in [1.29, 1.82) is 0 Å². The maximum absolute atomic E-state index is 11.7. The van der Waals surface area contributed by atoms with Crippen LogP contribution in [0.1, 0.15) is 48.7 Å². The van der Waals surface area contributed by atoms with E-state index in [9.17, 15) is 9.90 Å². The normalized spacial score (nSPS) is 31.1. The van der Waals surface area contributed by atoms with Crippen molar-refractivity contribution in [1.82, 2.24) is 4.98 Å². The highest BCUT2D eigenvalue weighted by molar-refractivity contribution is 5.97. The van der Waals surface area contributed by atoms with Gasteiger partial charge in [0.05, 0.1) is 11.2 Å². The predicted molar refractivity (Wildman–Crippen MR) is 85.8 cm³/mol. The molecule has 5 heteroatoms. The monoisotopic (exact) mass is 303 g/mol. The lowest BCUT2D eigenvalue weighted by Crippen LogP contribution is -2.44. The summed E-state index contributed by atoms with van der Waals surface area (Å²) in [5.74, 6) is 0.972. The van der Waals surface area contributed by atoms with Crippen molar-refractivity contribution < 1.29 is 9.90 Å². The molecule has 1 amide bonds. The van der Waals surface area contributed by atoms with Crippen LogP contribution in [-0.2, 0) is 0 Å². The number of fused-ring (bicyclic) bond motifs is 1. The molecule has 0 radical (unpaired) electrons. The van der Waals surface area contributed by atoms with E-state index in [4.69, 9.17) is 5.73 Å². The van der Waals surface area contributed by atoms with Gasteiger partial charge in [-0.15, -0.1) is 0 Å². The number of anilines is 1. The number of nitrogens with two attached hydrogens (primary N) is 1. The Kier molecular flexibility index (Phi) is 3.85. The Hall–Kier alpha value is -1.62. The van der Waals surface area contributed by atoms with Gasteiger partial charge in [0, 0.05) is 24.7 Å². The number of pyridine rings is 1.